The largest absolute Gasteiger partial charge is 0.508 e. The Kier molecular flexibility index (Phi) is 5.78. The van der Waals surface area contributed by atoms with Crippen molar-refractivity contribution in [3.05, 3.63) is 69.7 Å². The number of aromatic nitrogens is 1. The lowest BCUT2D eigenvalue weighted by molar-refractivity contribution is -0.142. The first-order valence-corrected chi connectivity index (χ1v) is 10.2. The molecule has 1 amide bonds. The fourth-order valence-corrected chi connectivity index (χ4v) is 3.66. The molecule has 2 aromatic heterocycles. The predicted molar refractivity (Wildman–Crippen MR) is 121 cm³/mol. The number of carboxylic acid groups (broad SMARTS) is 1. The number of aromatic hydroxyl groups is 1. The fraction of sp³-hybridized carbons (Fsp3) is 0.208. The van der Waals surface area contributed by atoms with E-state index in [1.54, 1.807) is 31.3 Å². The molecule has 170 valence electrons. The number of rotatable bonds is 7. The monoisotopic (exact) mass is 450 g/mol. The van der Waals surface area contributed by atoms with Crippen LogP contribution in [0.5, 0.6) is 11.5 Å². The summed E-state index contributed by atoms with van der Waals surface area (Å²) in [5, 5.41) is 23.2. The normalized spacial score (nSPS) is 12.1. The van der Waals surface area contributed by atoms with Gasteiger partial charge in [0, 0.05) is 40.5 Å². The maximum absolute atomic E-state index is 12.4. The number of phenols is 1. The highest BCUT2D eigenvalue weighted by atomic mass is 16.5. The summed E-state index contributed by atoms with van der Waals surface area (Å²) in [7, 11) is 0. The predicted octanol–water partition coefficient (Wildman–Crippen LogP) is 2.79. The summed E-state index contributed by atoms with van der Waals surface area (Å²) in [4.78, 5) is 39.0. The summed E-state index contributed by atoms with van der Waals surface area (Å²) in [6, 6.07) is 8.45. The Morgan fingerprint density at radius 1 is 1.12 bits per heavy atom. The van der Waals surface area contributed by atoms with Gasteiger partial charge in [0.05, 0.1) is 0 Å². The second-order valence-corrected chi connectivity index (χ2v) is 7.79. The molecule has 0 spiro atoms. The van der Waals surface area contributed by atoms with Crippen LogP contribution in [0.15, 0.2) is 51.8 Å². The van der Waals surface area contributed by atoms with Gasteiger partial charge in [0.15, 0.2) is 6.61 Å². The number of phenolic OH excluding ortho intramolecular Hbond substituents is 1. The number of carboxylic acids is 1. The van der Waals surface area contributed by atoms with E-state index in [0.29, 0.717) is 27.8 Å². The molecule has 9 nitrogen and oxygen atoms in total. The number of hydrogen-bond donors (Lipinski definition) is 4. The number of aryl methyl sites for hydroxylation is 1. The van der Waals surface area contributed by atoms with Gasteiger partial charge in [0.2, 0.25) is 0 Å². The van der Waals surface area contributed by atoms with Crippen LogP contribution in [0.2, 0.25) is 0 Å². The van der Waals surface area contributed by atoms with Crippen LogP contribution in [0.25, 0.3) is 21.9 Å². The molecule has 0 bridgehead atoms. The SMILES string of the molecule is Cc1c(C)c2ccc(OCC(=O)N[C@@H](Cc3c[nH]c4ccc(O)cc34)C(=O)O)cc2oc1=O. The molecule has 0 unspecified atom stereocenters. The molecule has 1 atom stereocenters. The standard InChI is InChI=1S/C24H22N2O7/c1-12-13(2)24(31)33-21-9-16(4-5-17(12)21)32-11-22(28)26-20(23(29)30)7-14-10-25-19-6-3-15(27)8-18(14)19/h3-6,8-10,20,25,27H,7,11H2,1-2H3,(H,26,28)(H,29,30)/t20-/m0/s1. The highest BCUT2D eigenvalue weighted by molar-refractivity contribution is 5.88. The number of nitrogens with one attached hydrogen (secondary N) is 2. The van der Waals surface area contributed by atoms with Gasteiger partial charge < -0.3 is 29.7 Å². The van der Waals surface area contributed by atoms with Crippen LogP contribution in [0.4, 0.5) is 0 Å². The Labute approximate surface area is 187 Å². The number of ether oxygens (including phenoxy) is 1. The minimum atomic E-state index is -1.20. The third-order valence-corrected chi connectivity index (χ3v) is 5.61. The summed E-state index contributed by atoms with van der Waals surface area (Å²) >= 11 is 0. The lowest BCUT2D eigenvalue weighted by Crippen LogP contribution is -2.44. The topological polar surface area (TPSA) is 142 Å². The molecule has 4 rings (SSSR count). The number of hydrogen-bond acceptors (Lipinski definition) is 6. The van der Waals surface area contributed by atoms with Crippen LogP contribution in [-0.4, -0.2) is 39.7 Å². The molecule has 4 N–H and O–H groups in total. The summed E-state index contributed by atoms with van der Waals surface area (Å²) < 4.78 is 10.8. The van der Waals surface area contributed by atoms with Crippen molar-refractivity contribution in [1.82, 2.24) is 10.3 Å². The lowest BCUT2D eigenvalue weighted by Gasteiger charge is -2.15. The second-order valence-electron chi connectivity index (χ2n) is 7.79. The first-order valence-electron chi connectivity index (χ1n) is 10.2. The molecule has 0 saturated heterocycles. The quantitative estimate of drug-likeness (QED) is 0.317. The molecule has 0 aliphatic heterocycles. The Balaban J connectivity index is 1.44. The van der Waals surface area contributed by atoms with Crippen molar-refractivity contribution in [3.8, 4) is 11.5 Å². The zero-order valence-electron chi connectivity index (χ0n) is 18.0. The third-order valence-electron chi connectivity index (χ3n) is 5.61. The van der Waals surface area contributed by atoms with Crippen molar-refractivity contribution in [2.45, 2.75) is 26.3 Å². The first-order chi connectivity index (χ1) is 15.7. The zero-order chi connectivity index (χ0) is 23.7. The lowest BCUT2D eigenvalue weighted by atomic mass is 10.0. The van der Waals surface area contributed by atoms with E-state index in [4.69, 9.17) is 9.15 Å². The minimum Gasteiger partial charge on any atom is -0.508 e. The van der Waals surface area contributed by atoms with Gasteiger partial charge >= 0.3 is 11.6 Å². The van der Waals surface area contributed by atoms with E-state index < -0.39 is 30.2 Å². The first kappa shape index (κ1) is 21.9. The van der Waals surface area contributed by atoms with Crippen molar-refractivity contribution in [2.24, 2.45) is 0 Å². The zero-order valence-corrected chi connectivity index (χ0v) is 18.0. The third kappa shape index (κ3) is 4.52. The molecular weight excluding hydrogens is 428 g/mol. The Hall–Kier alpha value is -4.27. The summed E-state index contributed by atoms with van der Waals surface area (Å²) in [6.07, 6.45) is 1.67. The average molecular weight is 450 g/mol. The van der Waals surface area contributed by atoms with Crippen molar-refractivity contribution < 1.29 is 29.0 Å². The number of aromatic amines is 1. The van der Waals surface area contributed by atoms with E-state index in [2.05, 4.69) is 10.3 Å². The van der Waals surface area contributed by atoms with Crippen LogP contribution < -0.4 is 15.7 Å². The number of fused-ring (bicyclic) bond motifs is 2. The maximum atomic E-state index is 12.4. The van der Waals surface area contributed by atoms with Crippen molar-refractivity contribution in [3.63, 3.8) is 0 Å². The molecule has 0 aliphatic rings. The number of H-pyrrole nitrogens is 1. The van der Waals surface area contributed by atoms with E-state index in [9.17, 15) is 24.6 Å². The molecule has 2 aromatic carbocycles. The Bertz CT molecular complexity index is 1430. The van der Waals surface area contributed by atoms with Crippen molar-refractivity contribution >= 4 is 33.7 Å². The van der Waals surface area contributed by atoms with Crippen LogP contribution >= 0.6 is 0 Å². The number of carbonyl (C=O) groups is 2. The summed E-state index contributed by atoms with van der Waals surface area (Å²) in [6.45, 7) is 3.09. The number of benzene rings is 2. The van der Waals surface area contributed by atoms with Gasteiger partial charge in [-0.2, -0.15) is 0 Å². The van der Waals surface area contributed by atoms with Gasteiger partial charge in [-0.15, -0.1) is 0 Å². The molecule has 4 aromatic rings. The number of carbonyl (C=O) groups excluding carboxylic acids is 1. The molecule has 0 saturated carbocycles. The van der Waals surface area contributed by atoms with Gasteiger partial charge in [-0.25, -0.2) is 9.59 Å². The smallest absolute Gasteiger partial charge is 0.339 e. The van der Waals surface area contributed by atoms with Crippen molar-refractivity contribution in [2.75, 3.05) is 6.61 Å². The van der Waals surface area contributed by atoms with E-state index in [-0.39, 0.29) is 12.2 Å². The second kappa shape index (κ2) is 8.70. The molecule has 0 aliphatic carbocycles. The van der Waals surface area contributed by atoms with Gasteiger partial charge in [0.25, 0.3) is 5.91 Å². The van der Waals surface area contributed by atoms with Crippen LogP contribution in [0, 0.1) is 13.8 Å². The molecular formula is C24H22N2O7. The van der Waals surface area contributed by atoms with Gasteiger partial charge in [-0.3, -0.25) is 4.79 Å². The van der Waals surface area contributed by atoms with Gasteiger partial charge in [-0.1, -0.05) is 0 Å². The van der Waals surface area contributed by atoms with E-state index in [1.165, 1.54) is 18.2 Å². The summed E-state index contributed by atoms with van der Waals surface area (Å²) in [5.74, 6) is -1.45. The molecule has 0 radical (unpaired) electrons. The average Bonchev–Trinajstić information content (AvgIpc) is 3.17. The molecule has 9 heteroatoms. The van der Waals surface area contributed by atoms with Crippen LogP contribution in [0.3, 0.4) is 0 Å². The van der Waals surface area contributed by atoms with Crippen molar-refractivity contribution in [1.29, 1.82) is 0 Å². The number of amides is 1. The Morgan fingerprint density at radius 3 is 2.67 bits per heavy atom. The van der Waals surface area contributed by atoms with Gasteiger partial charge in [-0.05, 0) is 55.3 Å². The minimum absolute atomic E-state index is 0.0181. The Morgan fingerprint density at radius 2 is 1.91 bits per heavy atom. The maximum Gasteiger partial charge on any atom is 0.339 e. The number of aliphatic carboxylic acids is 1. The van der Waals surface area contributed by atoms with Gasteiger partial charge in [0.1, 0.15) is 23.1 Å². The van der Waals surface area contributed by atoms with Crippen LogP contribution in [-0.2, 0) is 16.0 Å². The summed E-state index contributed by atoms with van der Waals surface area (Å²) in [5.41, 5.74) is 2.62. The molecule has 33 heavy (non-hydrogen) atoms. The van der Waals surface area contributed by atoms with Crippen LogP contribution in [0.1, 0.15) is 16.7 Å². The molecule has 0 fully saturated rings. The highest BCUT2D eigenvalue weighted by Crippen LogP contribution is 2.25. The fourth-order valence-electron chi connectivity index (χ4n) is 3.66. The van der Waals surface area contributed by atoms with E-state index in [1.807, 2.05) is 6.92 Å². The van der Waals surface area contributed by atoms with E-state index >= 15 is 0 Å². The molecule has 2 heterocycles. The van der Waals surface area contributed by atoms with E-state index in [0.717, 1.165) is 16.5 Å². The highest BCUT2D eigenvalue weighted by Gasteiger charge is 2.22.